The summed E-state index contributed by atoms with van der Waals surface area (Å²) in [5.74, 6) is -7.13. The minimum atomic E-state index is -5.50. The van der Waals surface area contributed by atoms with Gasteiger partial charge in [0.25, 0.3) is 5.56 Å². The number of nitrogens with zero attached hydrogens (tertiary/aromatic N) is 2. The smallest absolute Gasteiger partial charge is 0.400 e. The Balaban J connectivity index is 1.60. The average Bonchev–Trinajstić information content (AvgIpc) is 3.44. The number of alkyl halides is 6. The maximum absolute atomic E-state index is 15.3. The number of H-pyrrole nitrogens is 1. The Bertz CT molecular complexity index is 1120. The van der Waals surface area contributed by atoms with Crippen LogP contribution in [0, 0.1) is 11.8 Å². The lowest BCUT2D eigenvalue weighted by atomic mass is 9.85. The van der Waals surface area contributed by atoms with E-state index < -0.39 is 71.4 Å². The molecule has 2 fully saturated rings. The predicted octanol–water partition coefficient (Wildman–Crippen LogP) is 3.33. The molecule has 3 aliphatic rings. The zero-order valence-corrected chi connectivity index (χ0v) is 18.6. The molecule has 4 atom stereocenters. The number of aromatic amines is 1. The van der Waals surface area contributed by atoms with E-state index in [0.717, 1.165) is 0 Å². The third-order valence-corrected chi connectivity index (χ3v) is 7.27. The van der Waals surface area contributed by atoms with Gasteiger partial charge < -0.3 is 10.8 Å². The van der Waals surface area contributed by atoms with Gasteiger partial charge in [-0.05, 0) is 38.1 Å². The van der Waals surface area contributed by atoms with Crippen molar-refractivity contribution in [1.29, 1.82) is 0 Å². The summed E-state index contributed by atoms with van der Waals surface area (Å²) >= 11 is 0. The highest BCUT2D eigenvalue weighted by Gasteiger charge is 2.57. The molecule has 4 rings (SSSR count). The molecule has 196 valence electrons. The molecular formula is C21H25F7N4O3. The summed E-state index contributed by atoms with van der Waals surface area (Å²) in [6.07, 6.45) is -10.9. The van der Waals surface area contributed by atoms with Gasteiger partial charge in [0.2, 0.25) is 0 Å². The van der Waals surface area contributed by atoms with Crippen molar-refractivity contribution in [2.24, 2.45) is 17.6 Å². The first-order chi connectivity index (χ1) is 16.1. The number of likely N-dealkylation sites (tertiary alicyclic amines) is 1. The summed E-state index contributed by atoms with van der Waals surface area (Å²) < 4.78 is 94.4. The van der Waals surface area contributed by atoms with Crippen LogP contribution >= 0.6 is 0 Å². The van der Waals surface area contributed by atoms with Gasteiger partial charge in [-0.25, -0.2) is 9.18 Å². The van der Waals surface area contributed by atoms with E-state index in [0.29, 0.717) is 12.8 Å². The summed E-state index contributed by atoms with van der Waals surface area (Å²) in [6.45, 7) is 1.55. The highest BCUT2D eigenvalue weighted by Crippen LogP contribution is 2.46. The van der Waals surface area contributed by atoms with E-state index in [-0.39, 0.29) is 36.8 Å². The molecule has 1 saturated carbocycles. The van der Waals surface area contributed by atoms with Gasteiger partial charge >= 0.3 is 18.0 Å². The molecule has 4 unspecified atom stereocenters. The van der Waals surface area contributed by atoms with Crippen LogP contribution in [0.1, 0.15) is 55.8 Å². The number of rotatable bonds is 5. The van der Waals surface area contributed by atoms with Gasteiger partial charge in [0.15, 0.2) is 17.5 Å². The molecule has 14 heteroatoms. The molecule has 1 aromatic rings. The zero-order chi connectivity index (χ0) is 26.0. The second-order valence-electron chi connectivity index (χ2n) is 9.63. The highest BCUT2D eigenvalue weighted by molar-refractivity contribution is 5.66. The van der Waals surface area contributed by atoms with Gasteiger partial charge in [0, 0.05) is 30.2 Å². The first kappa shape index (κ1) is 25.7. The Kier molecular flexibility index (Phi) is 6.36. The molecule has 1 aromatic heterocycles. The van der Waals surface area contributed by atoms with Gasteiger partial charge in [-0.1, -0.05) is 6.92 Å². The maximum atomic E-state index is 15.3. The lowest BCUT2D eigenvalue weighted by Crippen LogP contribution is -2.47. The first-order valence-corrected chi connectivity index (χ1v) is 11.2. The summed E-state index contributed by atoms with van der Waals surface area (Å²) in [4.78, 5) is 28.4. The summed E-state index contributed by atoms with van der Waals surface area (Å²) in [7, 11) is 0. The Morgan fingerprint density at radius 1 is 1.11 bits per heavy atom. The van der Waals surface area contributed by atoms with Crippen molar-refractivity contribution >= 4 is 5.76 Å². The Morgan fingerprint density at radius 3 is 2.26 bits per heavy atom. The molecule has 2 heterocycles. The molecular weight excluding hydrogens is 489 g/mol. The highest BCUT2D eigenvalue weighted by atomic mass is 19.4. The maximum Gasteiger partial charge on any atom is 0.400 e. The lowest BCUT2D eigenvalue weighted by molar-refractivity contribution is -0.287. The largest absolute Gasteiger partial charge is 0.504 e. The van der Waals surface area contributed by atoms with Crippen molar-refractivity contribution in [3.8, 4) is 0 Å². The number of halogens is 7. The van der Waals surface area contributed by atoms with Gasteiger partial charge in [-0.15, -0.1) is 0 Å². The van der Waals surface area contributed by atoms with Crippen LogP contribution in [-0.4, -0.2) is 57.1 Å². The van der Waals surface area contributed by atoms with Crippen LogP contribution in [0.15, 0.2) is 15.4 Å². The van der Waals surface area contributed by atoms with E-state index >= 15 is 4.39 Å². The van der Waals surface area contributed by atoms with Crippen molar-refractivity contribution in [3.63, 3.8) is 0 Å². The fraction of sp³-hybridized carbons (Fsp3) is 0.714. The number of aliphatic hydroxyl groups is 1. The molecule has 1 saturated heterocycles. The monoisotopic (exact) mass is 514 g/mol. The van der Waals surface area contributed by atoms with Gasteiger partial charge in [0.1, 0.15) is 5.56 Å². The second kappa shape index (κ2) is 8.64. The molecule has 1 aliphatic heterocycles. The minimum Gasteiger partial charge on any atom is -0.504 e. The second-order valence-corrected chi connectivity index (χ2v) is 9.63. The SMILES string of the molecule is CC1c2c(c(=O)[nH]c(=O)n2C2CC2)C(O)=C(F)C1N1CCC(C(N)CC(C(F)(F)F)C(F)(F)F)C1. The van der Waals surface area contributed by atoms with Crippen molar-refractivity contribution in [2.75, 3.05) is 13.1 Å². The number of hydrogen-bond donors (Lipinski definition) is 3. The Morgan fingerprint density at radius 2 is 1.71 bits per heavy atom. The molecule has 0 aromatic carbocycles. The van der Waals surface area contributed by atoms with Crippen LogP contribution in [0.2, 0.25) is 0 Å². The van der Waals surface area contributed by atoms with E-state index in [9.17, 15) is 41.0 Å². The lowest BCUT2D eigenvalue weighted by Gasteiger charge is -2.37. The number of fused-ring (bicyclic) bond motifs is 1. The number of nitrogens with one attached hydrogen (secondary N) is 1. The first-order valence-electron chi connectivity index (χ1n) is 11.2. The van der Waals surface area contributed by atoms with Crippen molar-refractivity contribution in [1.82, 2.24) is 14.5 Å². The van der Waals surface area contributed by atoms with Crippen LogP contribution in [0.3, 0.4) is 0 Å². The van der Waals surface area contributed by atoms with Gasteiger partial charge in [-0.3, -0.25) is 19.2 Å². The van der Waals surface area contributed by atoms with Crippen LogP contribution in [0.5, 0.6) is 0 Å². The van der Waals surface area contributed by atoms with Crippen LogP contribution < -0.4 is 17.0 Å². The molecule has 0 amide bonds. The molecule has 4 N–H and O–H groups in total. The average molecular weight is 514 g/mol. The number of aromatic nitrogens is 2. The third kappa shape index (κ3) is 4.61. The standard InChI is InChI=1S/C21H25F7N4O3/c1-8-15-13(18(34)30-19(35)32(15)10-2-3-10)17(33)14(22)16(8)31-5-4-9(7-31)11(29)6-12(20(23,24)25)21(26,27)28/h8-12,16,33H,2-7,29H2,1H3,(H,30,34,35). The van der Waals surface area contributed by atoms with E-state index in [4.69, 9.17) is 5.73 Å². The topological polar surface area (TPSA) is 104 Å². The molecule has 2 aliphatic carbocycles. The number of aliphatic hydroxyl groups excluding tert-OH is 1. The minimum absolute atomic E-state index is 0.100. The number of hydrogen-bond acceptors (Lipinski definition) is 5. The summed E-state index contributed by atoms with van der Waals surface area (Å²) in [5, 5.41) is 10.5. The third-order valence-electron chi connectivity index (χ3n) is 7.27. The van der Waals surface area contributed by atoms with E-state index in [1.54, 1.807) is 6.92 Å². The van der Waals surface area contributed by atoms with E-state index in [1.807, 2.05) is 0 Å². The van der Waals surface area contributed by atoms with Gasteiger partial charge in [-0.2, -0.15) is 26.3 Å². The summed E-state index contributed by atoms with van der Waals surface area (Å²) in [6, 6.07) is -2.83. The van der Waals surface area contributed by atoms with E-state index in [1.165, 1.54) is 9.47 Å². The van der Waals surface area contributed by atoms with Crippen molar-refractivity contribution < 1.29 is 35.8 Å². The molecule has 7 nitrogen and oxygen atoms in total. The van der Waals surface area contributed by atoms with Crippen LogP contribution in [0.25, 0.3) is 5.76 Å². The normalized spacial score (nSPS) is 27.0. The van der Waals surface area contributed by atoms with Crippen molar-refractivity contribution in [2.45, 2.75) is 69.0 Å². The number of nitrogens with two attached hydrogens (primary N) is 1. The quantitative estimate of drug-likeness (QED) is 0.523. The molecule has 0 spiro atoms. The molecule has 0 bridgehead atoms. The zero-order valence-electron chi connectivity index (χ0n) is 18.6. The van der Waals surface area contributed by atoms with Crippen molar-refractivity contribution in [3.05, 3.63) is 37.9 Å². The summed E-state index contributed by atoms with van der Waals surface area (Å²) in [5.41, 5.74) is 3.96. The Labute approximate surface area is 194 Å². The fourth-order valence-corrected chi connectivity index (χ4v) is 5.38. The van der Waals surface area contributed by atoms with Crippen LogP contribution in [0.4, 0.5) is 30.7 Å². The fourth-order valence-electron chi connectivity index (χ4n) is 5.38. The van der Waals surface area contributed by atoms with Crippen LogP contribution in [-0.2, 0) is 0 Å². The van der Waals surface area contributed by atoms with Gasteiger partial charge in [0.05, 0.1) is 6.04 Å². The molecule has 35 heavy (non-hydrogen) atoms. The Hall–Kier alpha value is -2.35. The van der Waals surface area contributed by atoms with E-state index in [2.05, 4.69) is 4.98 Å². The predicted molar refractivity (Wildman–Crippen MR) is 110 cm³/mol. The molecule has 0 radical (unpaired) electrons.